The summed E-state index contributed by atoms with van der Waals surface area (Å²) in [6.07, 6.45) is 6.56. The summed E-state index contributed by atoms with van der Waals surface area (Å²) in [6, 6.07) is 0. The first-order valence-electron chi connectivity index (χ1n) is 8.54. The van der Waals surface area contributed by atoms with Crippen molar-refractivity contribution >= 4 is 0 Å². The van der Waals surface area contributed by atoms with Crippen molar-refractivity contribution in [3.63, 3.8) is 0 Å². The zero-order valence-electron chi connectivity index (χ0n) is 14.1. The molecule has 1 rings (SSSR count). The Morgan fingerprint density at radius 3 is 2.76 bits per heavy atom. The highest BCUT2D eigenvalue weighted by atomic mass is 16.5. The highest BCUT2D eigenvalue weighted by Crippen LogP contribution is 2.25. The van der Waals surface area contributed by atoms with Gasteiger partial charge in [0, 0.05) is 19.7 Å². The summed E-state index contributed by atoms with van der Waals surface area (Å²) in [6.45, 7) is 8.75. The van der Waals surface area contributed by atoms with Gasteiger partial charge in [-0.3, -0.25) is 0 Å². The van der Waals surface area contributed by atoms with Gasteiger partial charge in [-0.25, -0.2) is 0 Å². The monoisotopic (exact) mass is 301 g/mol. The van der Waals surface area contributed by atoms with Crippen LogP contribution in [-0.4, -0.2) is 48.7 Å². The summed E-state index contributed by atoms with van der Waals surface area (Å²) >= 11 is 0. The molecule has 0 bridgehead atoms. The molecule has 0 amide bonds. The predicted molar refractivity (Wildman–Crippen MR) is 86.3 cm³/mol. The lowest BCUT2D eigenvalue weighted by Gasteiger charge is -2.28. The van der Waals surface area contributed by atoms with E-state index in [4.69, 9.17) is 9.84 Å². The minimum absolute atomic E-state index is 0.155. The second-order valence-electron chi connectivity index (χ2n) is 7.50. The average Bonchev–Trinajstić information content (AvgIpc) is 2.43. The molecule has 4 nitrogen and oxygen atoms in total. The van der Waals surface area contributed by atoms with Crippen LogP contribution >= 0.6 is 0 Å². The highest BCUT2D eigenvalue weighted by molar-refractivity contribution is 4.74. The Bertz CT molecular complexity index is 271. The number of aliphatic hydroxyl groups excluding tert-OH is 2. The molecule has 1 fully saturated rings. The predicted octanol–water partition coefficient (Wildman–Crippen LogP) is 2.33. The van der Waals surface area contributed by atoms with E-state index in [-0.39, 0.29) is 12.0 Å². The zero-order valence-corrected chi connectivity index (χ0v) is 14.1. The molecule has 0 aromatic rings. The van der Waals surface area contributed by atoms with Gasteiger partial charge < -0.3 is 20.3 Å². The van der Waals surface area contributed by atoms with Crippen molar-refractivity contribution in [2.45, 2.75) is 71.5 Å². The SMILES string of the molecule is CC1CCCC(OCC(O)CNCC(C)(C)CCCO)C1. The smallest absolute Gasteiger partial charge is 0.0897 e. The van der Waals surface area contributed by atoms with Crippen LogP contribution in [0.2, 0.25) is 0 Å². The standard InChI is InChI=1S/C17H35NO3/c1-14-6-4-7-16(10-14)21-12-15(20)11-18-13-17(2,3)8-5-9-19/h14-16,18-20H,4-13H2,1-3H3. The number of ether oxygens (including phenoxy) is 1. The van der Waals surface area contributed by atoms with Gasteiger partial charge in [-0.1, -0.05) is 33.6 Å². The molecule has 1 aliphatic carbocycles. The first-order chi connectivity index (χ1) is 9.93. The zero-order chi connectivity index (χ0) is 15.7. The van der Waals surface area contributed by atoms with Crippen LogP contribution < -0.4 is 5.32 Å². The van der Waals surface area contributed by atoms with E-state index in [0.717, 1.165) is 38.1 Å². The normalized spacial score (nSPS) is 25.0. The van der Waals surface area contributed by atoms with Gasteiger partial charge in [0.2, 0.25) is 0 Å². The van der Waals surface area contributed by atoms with Gasteiger partial charge in [-0.2, -0.15) is 0 Å². The van der Waals surface area contributed by atoms with Crippen LogP contribution in [0.5, 0.6) is 0 Å². The van der Waals surface area contributed by atoms with Crippen molar-refractivity contribution in [2.24, 2.45) is 11.3 Å². The molecule has 21 heavy (non-hydrogen) atoms. The van der Waals surface area contributed by atoms with Gasteiger partial charge in [0.1, 0.15) is 0 Å². The van der Waals surface area contributed by atoms with Crippen LogP contribution in [0.25, 0.3) is 0 Å². The molecule has 1 saturated carbocycles. The lowest BCUT2D eigenvalue weighted by Crippen LogP contribution is -2.37. The van der Waals surface area contributed by atoms with Crippen LogP contribution in [0.15, 0.2) is 0 Å². The number of hydrogen-bond acceptors (Lipinski definition) is 4. The molecule has 0 radical (unpaired) electrons. The molecule has 3 N–H and O–H groups in total. The fourth-order valence-corrected chi connectivity index (χ4v) is 3.06. The van der Waals surface area contributed by atoms with Crippen LogP contribution in [-0.2, 0) is 4.74 Å². The van der Waals surface area contributed by atoms with E-state index in [1.54, 1.807) is 0 Å². The van der Waals surface area contributed by atoms with Crippen molar-refractivity contribution < 1.29 is 14.9 Å². The molecular weight excluding hydrogens is 266 g/mol. The minimum Gasteiger partial charge on any atom is -0.396 e. The van der Waals surface area contributed by atoms with Gasteiger partial charge >= 0.3 is 0 Å². The minimum atomic E-state index is -0.434. The Labute approximate surface area is 130 Å². The highest BCUT2D eigenvalue weighted by Gasteiger charge is 2.21. The third-order valence-corrected chi connectivity index (χ3v) is 4.41. The maximum absolute atomic E-state index is 9.99. The molecule has 0 spiro atoms. The average molecular weight is 301 g/mol. The summed E-state index contributed by atoms with van der Waals surface area (Å²) < 4.78 is 5.84. The van der Waals surface area contributed by atoms with Gasteiger partial charge in [0.15, 0.2) is 0 Å². The number of hydrogen-bond donors (Lipinski definition) is 3. The fraction of sp³-hybridized carbons (Fsp3) is 1.00. The second kappa shape index (κ2) is 9.78. The van der Waals surface area contributed by atoms with Crippen molar-refractivity contribution in [1.29, 1.82) is 0 Å². The molecule has 3 unspecified atom stereocenters. The molecule has 0 aromatic heterocycles. The molecule has 4 heteroatoms. The number of rotatable bonds is 10. The molecule has 3 atom stereocenters. The summed E-state index contributed by atoms with van der Waals surface area (Å²) in [5, 5.41) is 22.2. The van der Waals surface area contributed by atoms with E-state index >= 15 is 0 Å². The topological polar surface area (TPSA) is 61.7 Å². The van der Waals surface area contributed by atoms with E-state index in [0.29, 0.717) is 19.3 Å². The van der Waals surface area contributed by atoms with Gasteiger partial charge in [-0.15, -0.1) is 0 Å². The van der Waals surface area contributed by atoms with Crippen molar-refractivity contribution in [2.75, 3.05) is 26.3 Å². The van der Waals surface area contributed by atoms with Crippen molar-refractivity contribution in [1.82, 2.24) is 5.32 Å². The molecular formula is C17H35NO3. The molecule has 0 heterocycles. The molecule has 1 aliphatic rings. The molecule has 0 aromatic carbocycles. The summed E-state index contributed by atoms with van der Waals surface area (Å²) in [5.41, 5.74) is 0.155. The fourth-order valence-electron chi connectivity index (χ4n) is 3.06. The molecule has 126 valence electrons. The maximum Gasteiger partial charge on any atom is 0.0897 e. The summed E-state index contributed by atoms with van der Waals surface area (Å²) in [4.78, 5) is 0. The third-order valence-electron chi connectivity index (χ3n) is 4.41. The molecule has 0 aliphatic heterocycles. The van der Waals surface area contributed by atoms with E-state index < -0.39 is 6.10 Å². The second-order valence-corrected chi connectivity index (χ2v) is 7.50. The quantitative estimate of drug-likeness (QED) is 0.579. The van der Waals surface area contributed by atoms with E-state index in [1.165, 1.54) is 12.8 Å². The van der Waals surface area contributed by atoms with Gasteiger partial charge in [0.05, 0.1) is 18.8 Å². The van der Waals surface area contributed by atoms with Crippen molar-refractivity contribution in [3.05, 3.63) is 0 Å². The van der Waals surface area contributed by atoms with Crippen LogP contribution in [0.4, 0.5) is 0 Å². The summed E-state index contributed by atoms with van der Waals surface area (Å²) in [5.74, 6) is 0.756. The van der Waals surface area contributed by atoms with Crippen molar-refractivity contribution in [3.8, 4) is 0 Å². The van der Waals surface area contributed by atoms with E-state index in [1.807, 2.05) is 0 Å². The van der Waals surface area contributed by atoms with Crippen LogP contribution in [0, 0.1) is 11.3 Å². The Morgan fingerprint density at radius 1 is 1.33 bits per heavy atom. The Hall–Kier alpha value is -0.160. The number of nitrogens with one attached hydrogen (secondary N) is 1. The summed E-state index contributed by atoms with van der Waals surface area (Å²) in [7, 11) is 0. The van der Waals surface area contributed by atoms with Gasteiger partial charge in [0.25, 0.3) is 0 Å². The third kappa shape index (κ3) is 8.77. The lowest BCUT2D eigenvalue weighted by atomic mass is 9.88. The first-order valence-corrected chi connectivity index (χ1v) is 8.54. The van der Waals surface area contributed by atoms with Crippen LogP contribution in [0.3, 0.4) is 0 Å². The van der Waals surface area contributed by atoms with E-state index in [9.17, 15) is 5.11 Å². The molecule has 0 saturated heterocycles. The number of aliphatic hydroxyl groups is 2. The largest absolute Gasteiger partial charge is 0.396 e. The van der Waals surface area contributed by atoms with E-state index in [2.05, 4.69) is 26.1 Å². The van der Waals surface area contributed by atoms with Crippen LogP contribution in [0.1, 0.15) is 59.3 Å². The lowest BCUT2D eigenvalue weighted by molar-refractivity contribution is -0.0310. The van der Waals surface area contributed by atoms with Gasteiger partial charge in [-0.05, 0) is 37.0 Å². The maximum atomic E-state index is 9.99. The Morgan fingerprint density at radius 2 is 2.10 bits per heavy atom. The Kier molecular flexibility index (Phi) is 8.79. The Balaban J connectivity index is 2.09. The first kappa shape index (κ1) is 18.9.